The SMILES string of the molecule is COc1cccc([C@@H](CNC(=O)CCN2C(=O)[C@H]3CCCC[C@H]3C2=O)N(C)C)c1. The molecule has 0 bridgehead atoms. The van der Waals surface area contributed by atoms with Gasteiger partial charge in [0.1, 0.15) is 5.75 Å². The summed E-state index contributed by atoms with van der Waals surface area (Å²) in [5, 5.41) is 2.95. The zero-order valence-electron chi connectivity index (χ0n) is 17.5. The second-order valence-corrected chi connectivity index (χ2v) is 8.14. The molecule has 158 valence electrons. The van der Waals surface area contributed by atoms with E-state index in [1.54, 1.807) is 7.11 Å². The third-order valence-corrected chi connectivity index (χ3v) is 6.09. The lowest BCUT2D eigenvalue weighted by atomic mass is 9.81. The van der Waals surface area contributed by atoms with Gasteiger partial charge < -0.3 is 15.0 Å². The van der Waals surface area contributed by atoms with Crippen molar-refractivity contribution in [3.63, 3.8) is 0 Å². The summed E-state index contributed by atoms with van der Waals surface area (Å²) < 4.78 is 5.29. The predicted molar refractivity (Wildman–Crippen MR) is 109 cm³/mol. The lowest BCUT2D eigenvalue weighted by Gasteiger charge is -2.25. The predicted octanol–water partition coefficient (Wildman–Crippen LogP) is 1.98. The van der Waals surface area contributed by atoms with E-state index in [0.717, 1.165) is 37.0 Å². The Morgan fingerprint density at radius 2 is 1.86 bits per heavy atom. The van der Waals surface area contributed by atoms with Crippen LogP contribution in [0.25, 0.3) is 0 Å². The van der Waals surface area contributed by atoms with Gasteiger partial charge in [-0.05, 0) is 44.6 Å². The largest absolute Gasteiger partial charge is 0.497 e. The zero-order chi connectivity index (χ0) is 21.0. The first-order valence-corrected chi connectivity index (χ1v) is 10.3. The van der Waals surface area contributed by atoms with E-state index in [4.69, 9.17) is 4.74 Å². The molecule has 1 aliphatic carbocycles. The molecule has 0 unspecified atom stereocenters. The minimum absolute atomic E-state index is 0.00744. The highest BCUT2D eigenvalue weighted by molar-refractivity contribution is 6.05. The van der Waals surface area contributed by atoms with Crippen LogP contribution in [0.5, 0.6) is 5.75 Å². The van der Waals surface area contributed by atoms with Gasteiger partial charge in [-0.2, -0.15) is 0 Å². The number of carbonyl (C=O) groups is 3. The van der Waals surface area contributed by atoms with Crippen molar-refractivity contribution in [2.24, 2.45) is 11.8 Å². The van der Waals surface area contributed by atoms with Gasteiger partial charge in [0, 0.05) is 19.5 Å². The van der Waals surface area contributed by atoms with E-state index in [9.17, 15) is 14.4 Å². The van der Waals surface area contributed by atoms with E-state index in [1.165, 1.54) is 4.90 Å². The molecular weight excluding hydrogens is 370 g/mol. The first-order valence-electron chi connectivity index (χ1n) is 10.3. The Hall–Kier alpha value is -2.41. The lowest BCUT2D eigenvalue weighted by molar-refractivity contribution is -0.140. The number of carbonyl (C=O) groups excluding carboxylic acids is 3. The summed E-state index contributed by atoms with van der Waals surface area (Å²) in [6.07, 6.45) is 3.73. The molecule has 7 heteroatoms. The van der Waals surface area contributed by atoms with Crippen LogP contribution in [0.3, 0.4) is 0 Å². The summed E-state index contributed by atoms with van der Waals surface area (Å²) >= 11 is 0. The summed E-state index contributed by atoms with van der Waals surface area (Å²) in [6, 6.07) is 7.77. The number of hydrogen-bond donors (Lipinski definition) is 1. The number of amides is 3. The van der Waals surface area contributed by atoms with Crippen molar-refractivity contribution in [2.45, 2.75) is 38.1 Å². The molecule has 1 aromatic rings. The van der Waals surface area contributed by atoms with Crippen LogP contribution in [-0.2, 0) is 14.4 Å². The van der Waals surface area contributed by atoms with E-state index in [2.05, 4.69) is 5.32 Å². The van der Waals surface area contributed by atoms with Crippen LogP contribution >= 0.6 is 0 Å². The smallest absolute Gasteiger partial charge is 0.233 e. The number of likely N-dealkylation sites (tertiary alicyclic amines) is 1. The van der Waals surface area contributed by atoms with E-state index in [1.807, 2.05) is 43.3 Å². The highest BCUT2D eigenvalue weighted by Crippen LogP contribution is 2.37. The van der Waals surface area contributed by atoms with E-state index < -0.39 is 0 Å². The zero-order valence-corrected chi connectivity index (χ0v) is 17.5. The topological polar surface area (TPSA) is 79.0 Å². The Labute approximate surface area is 172 Å². The molecule has 29 heavy (non-hydrogen) atoms. The van der Waals surface area contributed by atoms with Crippen molar-refractivity contribution in [3.8, 4) is 5.75 Å². The third-order valence-electron chi connectivity index (χ3n) is 6.09. The van der Waals surface area contributed by atoms with Crippen LogP contribution in [-0.4, -0.2) is 61.8 Å². The molecule has 7 nitrogen and oxygen atoms in total. The maximum atomic E-state index is 12.5. The molecule has 1 aliphatic heterocycles. The number of methoxy groups -OCH3 is 1. The highest BCUT2D eigenvalue weighted by atomic mass is 16.5. The van der Waals surface area contributed by atoms with Gasteiger partial charge in [-0.3, -0.25) is 19.3 Å². The van der Waals surface area contributed by atoms with Crippen molar-refractivity contribution in [1.29, 1.82) is 0 Å². The number of fused-ring (bicyclic) bond motifs is 1. The van der Waals surface area contributed by atoms with Gasteiger partial charge in [0.25, 0.3) is 0 Å². The molecule has 0 spiro atoms. The van der Waals surface area contributed by atoms with Crippen molar-refractivity contribution in [3.05, 3.63) is 29.8 Å². The van der Waals surface area contributed by atoms with E-state index >= 15 is 0 Å². The fraction of sp³-hybridized carbons (Fsp3) is 0.591. The molecule has 3 amide bonds. The number of hydrogen-bond acceptors (Lipinski definition) is 5. The summed E-state index contributed by atoms with van der Waals surface area (Å²) in [6.45, 7) is 0.606. The van der Waals surface area contributed by atoms with Crippen LogP contribution in [0.2, 0.25) is 0 Å². The number of likely N-dealkylation sites (N-methyl/N-ethyl adjacent to an activating group) is 1. The number of imide groups is 1. The molecular formula is C22H31N3O4. The van der Waals surface area contributed by atoms with Gasteiger partial charge in [-0.1, -0.05) is 25.0 Å². The fourth-order valence-corrected chi connectivity index (χ4v) is 4.41. The Bertz CT molecular complexity index is 740. The Balaban J connectivity index is 1.53. The first-order chi connectivity index (χ1) is 13.9. The molecule has 1 saturated carbocycles. The van der Waals surface area contributed by atoms with Crippen LogP contribution in [0.15, 0.2) is 24.3 Å². The second-order valence-electron chi connectivity index (χ2n) is 8.14. The van der Waals surface area contributed by atoms with Crippen LogP contribution in [0.1, 0.15) is 43.7 Å². The van der Waals surface area contributed by atoms with Crippen molar-refractivity contribution in [2.75, 3.05) is 34.3 Å². The van der Waals surface area contributed by atoms with Gasteiger partial charge in [0.2, 0.25) is 17.7 Å². The van der Waals surface area contributed by atoms with Crippen LogP contribution in [0.4, 0.5) is 0 Å². The Morgan fingerprint density at radius 3 is 2.45 bits per heavy atom. The molecule has 0 radical (unpaired) electrons. The Morgan fingerprint density at radius 1 is 1.21 bits per heavy atom. The van der Waals surface area contributed by atoms with Gasteiger partial charge >= 0.3 is 0 Å². The van der Waals surface area contributed by atoms with Gasteiger partial charge in [0.15, 0.2) is 0 Å². The average molecular weight is 402 g/mol. The monoisotopic (exact) mass is 401 g/mol. The van der Waals surface area contributed by atoms with Gasteiger partial charge in [0.05, 0.1) is 25.0 Å². The molecule has 1 N–H and O–H groups in total. The van der Waals surface area contributed by atoms with Gasteiger partial charge in [-0.25, -0.2) is 0 Å². The van der Waals surface area contributed by atoms with E-state index in [0.29, 0.717) is 6.54 Å². The quantitative estimate of drug-likeness (QED) is 0.674. The Kier molecular flexibility index (Phi) is 6.90. The van der Waals surface area contributed by atoms with Gasteiger partial charge in [-0.15, -0.1) is 0 Å². The number of nitrogens with zero attached hydrogens (tertiary/aromatic N) is 2. The molecule has 1 heterocycles. The molecule has 2 aliphatic rings. The molecule has 3 atom stereocenters. The molecule has 3 rings (SSSR count). The van der Waals surface area contributed by atoms with Crippen molar-refractivity contribution >= 4 is 17.7 Å². The normalized spacial score (nSPS) is 22.6. The number of benzene rings is 1. The third kappa shape index (κ3) is 4.78. The highest BCUT2D eigenvalue weighted by Gasteiger charge is 2.47. The lowest BCUT2D eigenvalue weighted by Crippen LogP contribution is -2.38. The van der Waals surface area contributed by atoms with Crippen molar-refractivity contribution < 1.29 is 19.1 Å². The minimum Gasteiger partial charge on any atom is -0.497 e. The summed E-state index contributed by atoms with van der Waals surface area (Å²) in [5.41, 5.74) is 1.05. The van der Waals surface area contributed by atoms with Crippen molar-refractivity contribution in [1.82, 2.24) is 15.1 Å². The summed E-state index contributed by atoms with van der Waals surface area (Å²) in [5.74, 6) is 0.115. The number of rotatable bonds is 8. The standard InChI is InChI=1S/C22H31N3O4/c1-24(2)19(15-7-6-8-16(13-15)29-3)14-23-20(26)11-12-25-21(27)17-9-4-5-10-18(17)22(25)28/h6-8,13,17-19H,4-5,9-12,14H2,1-3H3,(H,23,26)/t17-,18+,19-/m1/s1. The molecule has 2 fully saturated rings. The minimum atomic E-state index is -0.162. The average Bonchev–Trinajstić information content (AvgIpc) is 2.97. The summed E-state index contributed by atoms with van der Waals surface area (Å²) in [4.78, 5) is 40.8. The molecule has 1 aromatic carbocycles. The second kappa shape index (κ2) is 9.39. The molecule has 0 aromatic heterocycles. The van der Waals surface area contributed by atoms with Crippen LogP contribution in [0, 0.1) is 11.8 Å². The maximum Gasteiger partial charge on any atom is 0.233 e. The van der Waals surface area contributed by atoms with Crippen LogP contribution < -0.4 is 10.1 Å². The fourth-order valence-electron chi connectivity index (χ4n) is 4.41. The number of ether oxygens (including phenoxy) is 1. The van der Waals surface area contributed by atoms with E-state index in [-0.39, 0.29) is 48.6 Å². The maximum absolute atomic E-state index is 12.5. The summed E-state index contributed by atoms with van der Waals surface area (Å²) in [7, 11) is 5.54. The first kappa shape index (κ1) is 21.3. The molecule has 1 saturated heterocycles. The number of nitrogens with one attached hydrogen (secondary N) is 1.